The molecule has 0 radical (unpaired) electrons. The number of hydrogen-bond acceptors (Lipinski definition) is 4. The summed E-state index contributed by atoms with van der Waals surface area (Å²) in [4.78, 5) is 21.1. The van der Waals surface area contributed by atoms with Gasteiger partial charge in [-0.15, -0.1) is 11.3 Å². The fourth-order valence-corrected chi connectivity index (χ4v) is 3.38. The summed E-state index contributed by atoms with van der Waals surface area (Å²) in [6.07, 6.45) is 4.50. The second kappa shape index (κ2) is 3.51. The summed E-state index contributed by atoms with van der Waals surface area (Å²) < 4.78 is 0. The van der Waals surface area contributed by atoms with Crippen molar-refractivity contribution in [1.29, 1.82) is 0 Å². The number of nitrogens with zero attached hydrogens (tertiary/aromatic N) is 2. The van der Waals surface area contributed by atoms with Crippen LogP contribution in [0.1, 0.15) is 59.4 Å². The topological polar surface area (TPSA) is 63.1 Å². The first-order valence-corrected chi connectivity index (χ1v) is 7.14. The second-order valence-electron chi connectivity index (χ2n) is 5.16. The normalized spacial score (nSPS) is 19.3. The fourth-order valence-electron chi connectivity index (χ4n) is 2.35. The van der Waals surface area contributed by atoms with E-state index in [4.69, 9.17) is 0 Å². The van der Waals surface area contributed by atoms with Crippen molar-refractivity contribution in [1.82, 2.24) is 9.97 Å². The Hall–Kier alpha value is -1.49. The molecule has 0 atom stereocenters. The van der Waals surface area contributed by atoms with E-state index in [0.29, 0.717) is 11.8 Å². The van der Waals surface area contributed by atoms with Gasteiger partial charge in [0.2, 0.25) is 0 Å². The van der Waals surface area contributed by atoms with Crippen LogP contribution >= 0.6 is 11.3 Å². The lowest BCUT2D eigenvalue weighted by atomic mass is 10.1. The van der Waals surface area contributed by atoms with Crippen molar-refractivity contribution in [2.45, 2.75) is 37.5 Å². The maximum Gasteiger partial charge on any atom is 0.355 e. The van der Waals surface area contributed by atoms with Gasteiger partial charge in [-0.25, -0.2) is 14.8 Å². The van der Waals surface area contributed by atoms with Gasteiger partial charge in [-0.1, -0.05) is 0 Å². The van der Waals surface area contributed by atoms with Gasteiger partial charge in [-0.3, -0.25) is 0 Å². The molecular weight excluding hydrogens is 248 g/mol. The number of fused-ring (bicyclic) bond motifs is 1. The minimum absolute atomic E-state index is 0.213. The zero-order chi connectivity index (χ0) is 12.3. The summed E-state index contributed by atoms with van der Waals surface area (Å²) in [6.45, 7) is 0. The highest BCUT2D eigenvalue weighted by Crippen LogP contribution is 2.46. The van der Waals surface area contributed by atoms with Crippen molar-refractivity contribution in [3.05, 3.63) is 22.5 Å². The Kier molecular flexibility index (Phi) is 2.03. The maximum atomic E-state index is 11.4. The molecule has 18 heavy (non-hydrogen) atoms. The van der Waals surface area contributed by atoms with Crippen molar-refractivity contribution < 1.29 is 9.90 Å². The number of aromatic carboxylic acids is 1. The third kappa shape index (κ3) is 1.54. The lowest BCUT2D eigenvalue weighted by Gasteiger charge is -2.03. The Morgan fingerprint density at radius 1 is 1.22 bits per heavy atom. The molecular formula is C13H12N2O2S. The fraction of sp³-hybridized carbons (Fsp3) is 0.462. The molecule has 5 heteroatoms. The monoisotopic (exact) mass is 260 g/mol. The molecule has 0 amide bonds. The lowest BCUT2D eigenvalue weighted by Crippen LogP contribution is -2.06. The molecule has 4 nitrogen and oxygen atoms in total. The summed E-state index contributed by atoms with van der Waals surface area (Å²) in [6, 6.07) is 0. The van der Waals surface area contributed by atoms with Gasteiger partial charge in [0.1, 0.15) is 10.7 Å². The third-order valence-electron chi connectivity index (χ3n) is 3.64. The Morgan fingerprint density at radius 3 is 2.56 bits per heavy atom. The van der Waals surface area contributed by atoms with Crippen molar-refractivity contribution in [3.63, 3.8) is 0 Å². The number of carbonyl (C=O) groups is 1. The number of aromatic nitrogens is 2. The molecule has 2 aliphatic carbocycles. The highest BCUT2D eigenvalue weighted by molar-refractivity contribution is 7.17. The summed E-state index contributed by atoms with van der Waals surface area (Å²) in [7, 11) is 0. The molecule has 2 aromatic heterocycles. The van der Waals surface area contributed by atoms with Gasteiger partial charge in [0.05, 0.1) is 0 Å². The molecule has 2 heterocycles. The number of thiophene rings is 1. The highest BCUT2D eigenvalue weighted by Gasteiger charge is 2.32. The summed E-state index contributed by atoms with van der Waals surface area (Å²) >= 11 is 1.56. The van der Waals surface area contributed by atoms with Crippen LogP contribution < -0.4 is 0 Å². The van der Waals surface area contributed by atoms with Gasteiger partial charge >= 0.3 is 5.97 Å². The molecule has 2 saturated carbocycles. The zero-order valence-electron chi connectivity index (χ0n) is 9.72. The predicted molar refractivity (Wildman–Crippen MR) is 68.3 cm³/mol. The third-order valence-corrected chi connectivity index (χ3v) is 4.53. The first kappa shape index (κ1) is 10.4. The number of hydrogen-bond donors (Lipinski definition) is 1. The molecule has 2 aromatic rings. The Balaban J connectivity index is 1.98. The van der Waals surface area contributed by atoms with Gasteiger partial charge in [-0.2, -0.15) is 0 Å². The summed E-state index contributed by atoms with van der Waals surface area (Å²) in [5.41, 5.74) is 1.36. The van der Waals surface area contributed by atoms with Crippen LogP contribution in [0.3, 0.4) is 0 Å². The van der Waals surface area contributed by atoms with Gasteiger partial charge in [0, 0.05) is 11.3 Å². The minimum Gasteiger partial charge on any atom is -0.476 e. The van der Waals surface area contributed by atoms with E-state index in [0.717, 1.165) is 47.3 Å². The van der Waals surface area contributed by atoms with E-state index in [1.54, 1.807) is 11.3 Å². The van der Waals surface area contributed by atoms with Gasteiger partial charge in [-0.05, 0) is 42.5 Å². The smallest absolute Gasteiger partial charge is 0.355 e. The van der Waals surface area contributed by atoms with E-state index in [1.165, 1.54) is 0 Å². The molecule has 0 spiro atoms. The Morgan fingerprint density at radius 2 is 1.94 bits per heavy atom. The van der Waals surface area contributed by atoms with Crippen LogP contribution in [0.25, 0.3) is 10.2 Å². The Bertz CT molecular complexity index is 656. The predicted octanol–water partition coefficient (Wildman–Crippen LogP) is 3.14. The molecule has 2 fully saturated rings. The van der Waals surface area contributed by atoms with Crippen LogP contribution in [-0.2, 0) is 0 Å². The second-order valence-corrected chi connectivity index (χ2v) is 6.01. The molecule has 0 aliphatic heterocycles. The van der Waals surface area contributed by atoms with E-state index >= 15 is 0 Å². The molecule has 0 saturated heterocycles. The molecule has 0 bridgehead atoms. The number of rotatable bonds is 3. The van der Waals surface area contributed by atoms with Gasteiger partial charge in [0.25, 0.3) is 0 Å². The molecule has 0 unspecified atom stereocenters. The van der Waals surface area contributed by atoms with Gasteiger partial charge in [0.15, 0.2) is 5.69 Å². The van der Waals surface area contributed by atoms with Gasteiger partial charge < -0.3 is 5.11 Å². The van der Waals surface area contributed by atoms with E-state index in [1.807, 2.05) is 0 Å². The maximum absolute atomic E-state index is 11.4. The number of carboxylic acids is 1. The van der Waals surface area contributed by atoms with E-state index in [9.17, 15) is 9.90 Å². The summed E-state index contributed by atoms with van der Waals surface area (Å²) in [5, 5.41) is 12.2. The number of carboxylic acid groups (broad SMARTS) is 1. The summed E-state index contributed by atoms with van der Waals surface area (Å²) in [5.74, 6) is 0.722. The molecule has 0 aromatic carbocycles. The van der Waals surface area contributed by atoms with Crippen molar-refractivity contribution in [2.24, 2.45) is 0 Å². The van der Waals surface area contributed by atoms with Crippen LogP contribution in [0.15, 0.2) is 5.38 Å². The average molecular weight is 260 g/mol. The van der Waals surface area contributed by atoms with Crippen molar-refractivity contribution in [3.8, 4) is 0 Å². The Labute approximate surface area is 108 Å². The lowest BCUT2D eigenvalue weighted by molar-refractivity contribution is 0.0692. The van der Waals surface area contributed by atoms with Crippen LogP contribution in [0.4, 0.5) is 0 Å². The van der Waals surface area contributed by atoms with E-state index in [2.05, 4.69) is 15.3 Å². The zero-order valence-corrected chi connectivity index (χ0v) is 10.5. The standard InChI is InChI=1S/C13H12N2O2S/c16-13(17)10-9-8(6-1-2-6)5-18-12(9)15-11(14-10)7-3-4-7/h5-7H,1-4H2,(H,16,17). The van der Waals surface area contributed by atoms with Crippen molar-refractivity contribution >= 4 is 27.5 Å². The molecule has 92 valence electrons. The van der Waals surface area contributed by atoms with E-state index < -0.39 is 5.97 Å². The SMILES string of the molecule is O=C(O)c1nc(C2CC2)nc2scc(C3CC3)c12. The van der Waals surface area contributed by atoms with Crippen LogP contribution in [0.2, 0.25) is 0 Å². The first-order chi connectivity index (χ1) is 8.74. The average Bonchev–Trinajstić information content (AvgIpc) is 3.24. The van der Waals surface area contributed by atoms with Crippen LogP contribution in [0.5, 0.6) is 0 Å². The molecule has 4 rings (SSSR count). The van der Waals surface area contributed by atoms with Crippen molar-refractivity contribution in [2.75, 3.05) is 0 Å². The van der Waals surface area contributed by atoms with E-state index in [-0.39, 0.29) is 5.69 Å². The molecule has 1 N–H and O–H groups in total. The largest absolute Gasteiger partial charge is 0.476 e. The molecule has 2 aliphatic rings. The quantitative estimate of drug-likeness (QED) is 0.920. The van der Waals surface area contributed by atoms with Crippen LogP contribution in [0, 0.1) is 0 Å². The van der Waals surface area contributed by atoms with Crippen LogP contribution in [-0.4, -0.2) is 21.0 Å². The minimum atomic E-state index is -0.926. The first-order valence-electron chi connectivity index (χ1n) is 6.26. The highest BCUT2D eigenvalue weighted by atomic mass is 32.1.